The normalized spacial score (nSPS) is 16.9. The Hall–Kier alpha value is -3.42. The second kappa shape index (κ2) is 6.39. The lowest BCUT2D eigenvalue weighted by atomic mass is 10.1. The van der Waals surface area contributed by atoms with Crippen molar-refractivity contribution in [2.75, 3.05) is 16.8 Å². The molecular formula is C19H20N8. The van der Waals surface area contributed by atoms with Gasteiger partial charge in [0, 0.05) is 30.7 Å². The summed E-state index contributed by atoms with van der Waals surface area (Å²) in [4.78, 5) is 16.4. The van der Waals surface area contributed by atoms with Crippen LogP contribution in [0.15, 0.2) is 48.8 Å². The molecule has 4 aromatic rings. The molecule has 1 aliphatic rings. The number of aryl methyl sites for hydroxylation is 1. The van der Waals surface area contributed by atoms with Crippen LogP contribution >= 0.6 is 0 Å². The Morgan fingerprint density at radius 2 is 2.15 bits per heavy atom. The first-order chi connectivity index (χ1) is 13.3. The maximum absolute atomic E-state index is 4.82. The number of anilines is 3. The van der Waals surface area contributed by atoms with Crippen molar-refractivity contribution in [3.8, 4) is 0 Å². The number of nitrogens with one attached hydrogen (secondary N) is 2. The largest absolute Gasteiger partial charge is 0.332 e. The number of aromatic amines is 1. The summed E-state index contributed by atoms with van der Waals surface area (Å²) in [5.41, 5.74) is 2.90. The Bertz CT molecular complexity index is 1070. The predicted molar refractivity (Wildman–Crippen MR) is 103 cm³/mol. The van der Waals surface area contributed by atoms with Crippen molar-refractivity contribution in [1.29, 1.82) is 0 Å². The lowest BCUT2D eigenvalue weighted by molar-refractivity contribution is 0.679. The van der Waals surface area contributed by atoms with Crippen LogP contribution in [0.4, 0.5) is 17.7 Å². The molecule has 1 atom stereocenters. The van der Waals surface area contributed by atoms with Gasteiger partial charge in [-0.1, -0.05) is 6.07 Å². The van der Waals surface area contributed by atoms with Crippen LogP contribution in [0.1, 0.15) is 30.3 Å². The molecule has 0 amide bonds. The summed E-state index contributed by atoms with van der Waals surface area (Å²) < 4.78 is 1.93. The molecule has 8 heteroatoms. The first-order valence-electron chi connectivity index (χ1n) is 9.10. The topological polar surface area (TPSA) is 87.0 Å². The number of fused-ring (bicyclic) bond motifs is 1. The fraction of sp³-hybridized carbons (Fsp3) is 0.263. The van der Waals surface area contributed by atoms with Crippen LogP contribution in [0.2, 0.25) is 0 Å². The number of H-pyrrole nitrogens is 1. The van der Waals surface area contributed by atoms with Gasteiger partial charge in [-0.25, -0.2) is 0 Å². The van der Waals surface area contributed by atoms with E-state index in [2.05, 4.69) is 31.5 Å². The highest BCUT2D eigenvalue weighted by atomic mass is 15.3. The number of nitrogens with zero attached hydrogens (tertiary/aromatic N) is 6. The van der Waals surface area contributed by atoms with Gasteiger partial charge in [-0.2, -0.15) is 15.1 Å². The number of hydrogen-bond acceptors (Lipinski definition) is 6. The van der Waals surface area contributed by atoms with Crippen molar-refractivity contribution >= 4 is 23.4 Å². The zero-order valence-corrected chi connectivity index (χ0v) is 15.0. The first-order valence-corrected chi connectivity index (χ1v) is 9.10. The molecule has 1 fully saturated rings. The molecule has 0 aromatic carbocycles. The van der Waals surface area contributed by atoms with Gasteiger partial charge in [0.2, 0.25) is 11.9 Å². The van der Waals surface area contributed by atoms with E-state index in [1.165, 1.54) is 0 Å². The molecule has 1 saturated heterocycles. The lowest BCUT2D eigenvalue weighted by Crippen LogP contribution is -2.26. The van der Waals surface area contributed by atoms with E-state index >= 15 is 0 Å². The van der Waals surface area contributed by atoms with Crippen molar-refractivity contribution in [1.82, 2.24) is 29.5 Å². The molecular weight excluding hydrogens is 340 g/mol. The van der Waals surface area contributed by atoms with E-state index in [-0.39, 0.29) is 6.04 Å². The Kier molecular flexibility index (Phi) is 3.74. The Balaban J connectivity index is 1.55. The number of aromatic nitrogens is 6. The van der Waals surface area contributed by atoms with E-state index in [1.807, 2.05) is 54.0 Å². The van der Waals surface area contributed by atoms with Crippen LogP contribution in [0.5, 0.6) is 0 Å². The predicted octanol–water partition coefficient (Wildman–Crippen LogP) is 3.24. The van der Waals surface area contributed by atoms with Crippen molar-refractivity contribution in [3.63, 3.8) is 0 Å². The van der Waals surface area contributed by atoms with Gasteiger partial charge in [0.25, 0.3) is 0 Å². The van der Waals surface area contributed by atoms with E-state index < -0.39 is 0 Å². The van der Waals surface area contributed by atoms with Gasteiger partial charge >= 0.3 is 0 Å². The van der Waals surface area contributed by atoms with Gasteiger partial charge in [0.05, 0.1) is 11.7 Å². The molecule has 0 bridgehead atoms. The van der Waals surface area contributed by atoms with Gasteiger partial charge < -0.3 is 10.2 Å². The molecule has 0 saturated carbocycles. The van der Waals surface area contributed by atoms with Crippen LogP contribution in [-0.4, -0.2) is 36.1 Å². The number of rotatable bonds is 4. The van der Waals surface area contributed by atoms with Gasteiger partial charge in [-0.15, -0.1) is 0 Å². The second-order valence-corrected chi connectivity index (χ2v) is 6.75. The van der Waals surface area contributed by atoms with Gasteiger partial charge in [-0.05, 0) is 44.0 Å². The Labute approximate surface area is 156 Å². The molecule has 2 N–H and O–H groups in total. The fourth-order valence-electron chi connectivity index (χ4n) is 3.62. The third kappa shape index (κ3) is 2.88. The summed E-state index contributed by atoms with van der Waals surface area (Å²) in [5, 5.41) is 10.5. The molecule has 5 rings (SSSR count). The van der Waals surface area contributed by atoms with Crippen LogP contribution in [0.3, 0.4) is 0 Å². The van der Waals surface area contributed by atoms with Crippen LogP contribution in [0.25, 0.3) is 5.65 Å². The average Bonchev–Trinajstić information content (AvgIpc) is 3.42. The Morgan fingerprint density at radius 3 is 2.96 bits per heavy atom. The molecule has 0 radical (unpaired) electrons. The summed E-state index contributed by atoms with van der Waals surface area (Å²) in [6.07, 6.45) is 5.93. The summed E-state index contributed by atoms with van der Waals surface area (Å²) in [6.45, 7) is 2.88. The molecule has 4 aromatic heterocycles. The molecule has 1 unspecified atom stereocenters. The molecule has 0 aliphatic carbocycles. The molecule has 27 heavy (non-hydrogen) atoms. The number of hydrogen-bond donors (Lipinski definition) is 2. The zero-order chi connectivity index (χ0) is 18.2. The van der Waals surface area contributed by atoms with Crippen molar-refractivity contribution in [2.45, 2.75) is 25.8 Å². The lowest BCUT2D eigenvalue weighted by Gasteiger charge is -2.24. The van der Waals surface area contributed by atoms with E-state index in [9.17, 15) is 0 Å². The summed E-state index contributed by atoms with van der Waals surface area (Å²) in [6, 6.07) is 12.1. The SMILES string of the molecule is Cc1cc(Nc2nc(N3CCCC3c3ccccn3)nc3cccn23)n[nH]1. The van der Waals surface area contributed by atoms with Crippen LogP contribution < -0.4 is 10.2 Å². The second-order valence-electron chi connectivity index (χ2n) is 6.75. The highest BCUT2D eigenvalue weighted by Crippen LogP contribution is 2.34. The quantitative estimate of drug-likeness (QED) is 0.581. The number of pyridine rings is 1. The minimum absolute atomic E-state index is 0.198. The highest BCUT2D eigenvalue weighted by molar-refractivity contribution is 5.57. The van der Waals surface area contributed by atoms with E-state index in [0.29, 0.717) is 11.9 Å². The molecule has 5 heterocycles. The van der Waals surface area contributed by atoms with E-state index in [1.54, 1.807) is 0 Å². The monoisotopic (exact) mass is 360 g/mol. The van der Waals surface area contributed by atoms with Crippen molar-refractivity contribution in [2.24, 2.45) is 0 Å². The maximum atomic E-state index is 4.82. The molecule has 136 valence electrons. The third-order valence-electron chi connectivity index (χ3n) is 4.86. The minimum Gasteiger partial charge on any atom is -0.332 e. The Morgan fingerprint density at radius 1 is 1.19 bits per heavy atom. The summed E-state index contributed by atoms with van der Waals surface area (Å²) in [7, 11) is 0. The van der Waals surface area contributed by atoms with E-state index in [4.69, 9.17) is 9.97 Å². The highest BCUT2D eigenvalue weighted by Gasteiger charge is 2.29. The summed E-state index contributed by atoms with van der Waals surface area (Å²) in [5.74, 6) is 2.14. The maximum Gasteiger partial charge on any atom is 0.231 e. The van der Waals surface area contributed by atoms with E-state index in [0.717, 1.165) is 42.2 Å². The first kappa shape index (κ1) is 15.8. The van der Waals surface area contributed by atoms with Gasteiger partial charge in [0.15, 0.2) is 5.82 Å². The fourth-order valence-corrected chi connectivity index (χ4v) is 3.62. The standard InChI is InChI=1S/C19H20N8/c1-13-12-16(25-24-13)21-18-23-19(22-17-8-5-11-27(17)18)26-10-4-7-15(26)14-6-2-3-9-20-14/h2-3,5-6,8-9,11-12,15H,4,7,10H2,1H3,(H2,21,22,23,24,25). The zero-order valence-electron chi connectivity index (χ0n) is 15.0. The summed E-state index contributed by atoms with van der Waals surface area (Å²) >= 11 is 0. The average molecular weight is 360 g/mol. The smallest absolute Gasteiger partial charge is 0.231 e. The van der Waals surface area contributed by atoms with Crippen LogP contribution in [-0.2, 0) is 0 Å². The van der Waals surface area contributed by atoms with Crippen molar-refractivity contribution < 1.29 is 0 Å². The molecule has 1 aliphatic heterocycles. The van der Waals surface area contributed by atoms with Crippen molar-refractivity contribution in [3.05, 3.63) is 60.2 Å². The third-order valence-corrected chi connectivity index (χ3v) is 4.86. The molecule has 8 nitrogen and oxygen atoms in total. The molecule has 0 spiro atoms. The van der Waals surface area contributed by atoms with Crippen LogP contribution in [0, 0.1) is 6.92 Å². The van der Waals surface area contributed by atoms with Gasteiger partial charge in [0.1, 0.15) is 5.65 Å². The van der Waals surface area contributed by atoms with Gasteiger partial charge in [-0.3, -0.25) is 14.5 Å². The minimum atomic E-state index is 0.198.